The number of carbonyl (C=O) groups is 1. The second-order valence-electron chi connectivity index (χ2n) is 9.69. The molecule has 0 unspecified atom stereocenters. The zero-order valence-electron chi connectivity index (χ0n) is 19.3. The van der Waals surface area contributed by atoms with E-state index in [1.165, 1.54) is 10.7 Å². The van der Waals surface area contributed by atoms with Crippen molar-refractivity contribution in [1.82, 2.24) is 24.8 Å². The molecule has 3 heterocycles. The molecule has 1 aromatic carbocycles. The number of amides is 1. The molecule has 0 spiro atoms. The maximum absolute atomic E-state index is 14.6. The fourth-order valence-corrected chi connectivity index (χ4v) is 4.03. The van der Waals surface area contributed by atoms with E-state index in [1.807, 2.05) is 40.7 Å². The summed E-state index contributed by atoms with van der Waals surface area (Å²) in [7, 11) is 0. The van der Waals surface area contributed by atoms with Crippen molar-refractivity contribution in [2.45, 2.75) is 65.4 Å². The molecule has 0 N–H and O–H groups in total. The van der Waals surface area contributed by atoms with Gasteiger partial charge in [-0.2, -0.15) is 14.8 Å². The molecule has 4 rings (SSSR count). The third kappa shape index (κ3) is 4.61. The Kier molecular flexibility index (Phi) is 5.92. The first-order valence-corrected chi connectivity index (χ1v) is 11.1. The van der Waals surface area contributed by atoms with Gasteiger partial charge >= 0.3 is 6.09 Å². The molecular weight excluding hydrogens is 413 g/mol. The number of nitrogens with zero attached hydrogens (tertiary/aromatic N) is 5. The van der Waals surface area contributed by atoms with Crippen LogP contribution in [-0.4, -0.2) is 49.6 Å². The van der Waals surface area contributed by atoms with Crippen molar-refractivity contribution in [2.75, 3.05) is 13.1 Å². The van der Waals surface area contributed by atoms with Crippen molar-refractivity contribution in [1.29, 1.82) is 0 Å². The first-order valence-electron chi connectivity index (χ1n) is 11.1. The molecule has 172 valence electrons. The van der Waals surface area contributed by atoms with Crippen LogP contribution < -0.4 is 0 Å². The summed E-state index contributed by atoms with van der Waals surface area (Å²) in [5, 5.41) is 9.39. The maximum atomic E-state index is 14.6. The lowest BCUT2D eigenvalue weighted by Crippen LogP contribution is -2.42. The molecule has 8 nitrogen and oxygen atoms in total. The van der Waals surface area contributed by atoms with Gasteiger partial charge in [-0.15, -0.1) is 0 Å². The van der Waals surface area contributed by atoms with Crippen molar-refractivity contribution in [3.63, 3.8) is 0 Å². The number of halogens is 1. The van der Waals surface area contributed by atoms with E-state index < -0.39 is 5.60 Å². The van der Waals surface area contributed by atoms with E-state index in [4.69, 9.17) is 9.26 Å². The molecule has 2 aromatic heterocycles. The molecule has 0 radical (unpaired) electrons. The summed E-state index contributed by atoms with van der Waals surface area (Å²) in [6, 6.07) is 4.95. The number of benzene rings is 1. The number of ether oxygens (including phenoxy) is 1. The Morgan fingerprint density at radius 1 is 1.28 bits per heavy atom. The van der Waals surface area contributed by atoms with E-state index >= 15 is 0 Å². The number of hydrogen-bond donors (Lipinski definition) is 0. The highest BCUT2D eigenvalue weighted by Gasteiger charge is 2.28. The first-order chi connectivity index (χ1) is 15.1. The molecule has 0 aliphatic carbocycles. The van der Waals surface area contributed by atoms with Crippen molar-refractivity contribution in [3.8, 4) is 5.95 Å². The van der Waals surface area contributed by atoms with Gasteiger partial charge in [0, 0.05) is 24.9 Å². The highest BCUT2D eigenvalue weighted by Crippen LogP contribution is 2.29. The topological polar surface area (TPSA) is 86.3 Å². The SMILES string of the molecule is CC(C)c1nn(-c2noc(CC3CCN(C(=O)OC(C)(C)C)CC3)n2)c2c(F)cccc12. The van der Waals surface area contributed by atoms with Gasteiger partial charge in [-0.3, -0.25) is 0 Å². The lowest BCUT2D eigenvalue weighted by molar-refractivity contribution is 0.0182. The van der Waals surface area contributed by atoms with Crippen molar-refractivity contribution in [2.24, 2.45) is 5.92 Å². The average molecular weight is 444 g/mol. The van der Waals surface area contributed by atoms with Crippen LogP contribution >= 0.6 is 0 Å². The molecule has 1 aliphatic rings. The molecule has 1 saturated heterocycles. The Labute approximate surface area is 186 Å². The summed E-state index contributed by atoms with van der Waals surface area (Å²) < 4.78 is 27.0. The normalized spacial score (nSPS) is 15.7. The van der Waals surface area contributed by atoms with Gasteiger partial charge < -0.3 is 14.2 Å². The number of hydrogen-bond acceptors (Lipinski definition) is 6. The maximum Gasteiger partial charge on any atom is 0.410 e. The molecule has 32 heavy (non-hydrogen) atoms. The van der Waals surface area contributed by atoms with Gasteiger partial charge in [-0.25, -0.2) is 9.18 Å². The number of carbonyl (C=O) groups excluding carboxylic acids is 1. The Morgan fingerprint density at radius 2 is 2.00 bits per heavy atom. The van der Waals surface area contributed by atoms with E-state index in [0.29, 0.717) is 36.8 Å². The van der Waals surface area contributed by atoms with Crippen molar-refractivity contribution >= 4 is 17.0 Å². The summed E-state index contributed by atoms with van der Waals surface area (Å²) in [5.74, 6) is 0.791. The lowest BCUT2D eigenvalue weighted by atomic mass is 9.94. The third-order valence-electron chi connectivity index (χ3n) is 5.61. The predicted molar refractivity (Wildman–Crippen MR) is 117 cm³/mol. The third-order valence-corrected chi connectivity index (χ3v) is 5.61. The van der Waals surface area contributed by atoms with Crippen LogP contribution in [-0.2, 0) is 11.2 Å². The van der Waals surface area contributed by atoms with Crippen LogP contribution in [0.15, 0.2) is 22.7 Å². The van der Waals surface area contributed by atoms with E-state index in [0.717, 1.165) is 23.9 Å². The number of piperidine rings is 1. The van der Waals surface area contributed by atoms with Gasteiger partial charge in [0.1, 0.15) is 16.9 Å². The first kappa shape index (κ1) is 22.2. The molecule has 3 aromatic rings. The Morgan fingerprint density at radius 3 is 2.66 bits per heavy atom. The minimum atomic E-state index is -0.500. The summed E-state index contributed by atoms with van der Waals surface area (Å²) in [5.41, 5.74) is 0.647. The Hall–Kier alpha value is -2.97. The fraction of sp³-hybridized carbons (Fsp3) is 0.565. The second kappa shape index (κ2) is 8.52. The highest BCUT2D eigenvalue weighted by molar-refractivity contribution is 5.84. The van der Waals surface area contributed by atoms with Crippen LogP contribution in [0.4, 0.5) is 9.18 Å². The van der Waals surface area contributed by atoms with Gasteiger partial charge in [-0.05, 0) is 56.7 Å². The molecule has 0 atom stereocenters. The van der Waals surface area contributed by atoms with E-state index in [2.05, 4.69) is 15.2 Å². The molecular formula is C23H30FN5O3. The summed E-state index contributed by atoms with van der Waals surface area (Å²) in [6.45, 7) is 10.9. The summed E-state index contributed by atoms with van der Waals surface area (Å²) in [4.78, 5) is 18.5. The minimum absolute atomic E-state index is 0.127. The largest absolute Gasteiger partial charge is 0.444 e. The van der Waals surface area contributed by atoms with Gasteiger partial charge in [0.15, 0.2) is 0 Å². The van der Waals surface area contributed by atoms with Crippen molar-refractivity contribution < 1.29 is 18.4 Å². The molecule has 1 fully saturated rings. The molecule has 0 bridgehead atoms. The van der Waals surface area contributed by atoms with Gasteiger partial charge in [0.05, 0.1) is 5.69 Å². The van der Waals surface area contributed by atoms with E-state index in [1.54, 1.807) is 11.0 Å². The second-order valence-corrected chi connectivity index (χ2v) is 9.69. The van der Waals surface area contributed by atoms with Crippen LogP contribution in [0.1, 0.15) is 65.0 Å². The lowest BCUT2D eigenvalue weighted by Gasteiger charge is -2.33. The minimum Gasteiger partial charge on any atom is -0.444 e. The number of rotatable bonds is 4. The zero-order valence-corrected chi connectivity index (χ0v) is 19.3. The number of aromatic nitrogens is 4. The van der Waals surface area contributed by atoms with Crippen LogP contribution in [0.25, 0.3) is 16.9 Å². The van der Waals surface area contributed by atoms with E-state index in [9.17, 15) is 9.18 Å². The van der Waals surface area contributed by atoms with Crippen LogP contribution in [0.5, 0.6) is 0 Å². The van der Waals surface area contributed by atoms with Crippen molar-refractivity contribution in [3.05, 3.63) is 35.6 Å². The van der Waals surface area contributed by atoms with Crippen LogP contribution in [0.2, 0.25) is 0 Å². The van der Waals surface area contributed by atoms with Gasteiger partial charge in [0.25, 0.3) is 5.95 Å². The quantitative estimate of drug-likeness (QED) is 0.572. The van der Waals surface area contributed by atoms with Crippen LogP contribution in [0.3, 0.4) is 0 Å². The number of para-hydroxylation sites is 1. The molecule has 0 saturated carbocycles. The van der Waals surface area contributed by atoms with Gasteiger partial charge in [-0.1, -0.05) is 26.0 Å². The molecule has 9 heteroatoms. The van der Waals surface area contributed by atoms with E-state index in [-0.39, 0.29) is 23.8 Å². The Bertz CT molecular complexity index is 1110. The average Bonchev–Trinajstić information content (AvgIpc) is 3.32. The standard InChI is InChI=1S/C23H30FN5O3/c1-14(2)19-16-7-6-8-17(24)20(16)29(26-19)21-25-18(32-27-21)13-15-9-11-28(12-10-15)22(30)31-23(3,4)5/h6-8,14-15H,9-13H2,1-5H3. The number of likely N-dealkylation sites (tertiary alicyclic amines) is 1. The Balaban J connectivity index is 1.45. The summed E-state index contributed by atoms with van der Waals surface area (Å²) >= 11 is 0. The smallest absolute Gasteiger partial charge is 0.410 e. The molecule has 1 amide bonds. The monoisotopic (exact) mass is 443 g/mol. The van der Waals surface area contributed by atoms with Crippen LogP contribution in [0, 0.1) is 11.7 Å². The zero-order chi connectivity index (χ0) is 23.0. The van der Waals surface area contributed by atoms with Gasteiger partial charge in [0.2, 0.25) is 5.89 Å². The number of fused-ring (bicyclic) bond motifs is 1. The predicted octanol–water partition coefficient (Wildman–Crippen LogP) is 4.86. The fourth-order valence-electron chi connectivity index (χ4n) is 4.03. The molecule has 1 aliphatic heterocycles. The summed E-state index contributed by atoms with van der Waals surface area (Å²) in [6.07, 6.45) is 1.99. The highest BCUT2D eigenvalue weighted by atomic mass is 19.1.